The number of hydrogen-bond donors (Lipinski definition) is 1. The quantitative estimate of drug-likeness (QED) is 0.657. The second-order valence-corrected chi connectivity index (χ2v) is 2.99. The van der Waals surface area contributed by atoms with Crippen LogP contribution in [0.2, 0.25) is 0 Å². The van der Waals surface area contributed by atoms with Gasteiger partial charge in [-0.05, 0) is 13.0 Å². The van der Waals surface area contributed by atoms with Crippen molar-refractivity contribution in [1.29, 1.82) is 0 Å². The zero-order chi connectivity index (χ0) is 10.8. The number of carbonyl (C=O) groups excluding carboxylic acids is 1. The highest BCUT2D eigenvalue weighted by Crippen LogP contribution is 1.94. The van der Waals surface area contributed by atoms with Crippen molar-refractivity contribution in [2.75, 3.05) is 39.5 Å². The lowest BCUT2D eigenvalue weighted by Crippen LogP contribution is -2.37. The molecule has 0 bridgehead atoms. The molecule has 1 fully saturated rings. The number of allylic oxidation sites excluding steroid dienone is 1. The molecule has 1 aliphatic rings. The molecule has 0 aliphatic carbocycles. The minimum Gasteiger partial charge on any atom is -0.395 e. The minimum absolute atomic E-state index is 0.0185. The molecule has 4 heteroatoms. The Kier molecular flexibility index (Phi) is 8.42. The molecule has 1 N–H and O–H groups in total. The Morgan fingerprint density at radius 1 is 1.57 bits per heavy atom. The number of hydrogen-bond acceptors (Lipinski definition) is 4. The lowest BCUT2D eigenvalue weighted by Gasteiger charge is -2.25. The average molecular weight is 201 g/mol. The van der Waals surface area contributed by atoms with Gasteiger partial charge in [0.1, 0.15) is 0 Å². The number of ether oxygens (including phenoxy) is 1. The lowest BCUT2D eigenvalue weighted by atomic mass is 10.4. The van der Waals surface area contributed by atoms with Crippen LogP contribution in [-0.2, 0) is 9.53 Å². The van der Waals surface area contributed by atoms with E-state index >= 15 is 0 Å². The van der Waals surface area contributed by atoms with E-state index in [0.717, 1.165) is 32.8 Å². The molecule has 0 radical (unpaired) electrons. The van der Waals surface area contributed by atoms with Crippen molar-refractivity contribution in [3.8, 4) is 0 Å². The van der Waals surface area contributed by atoms with Crippen LogP contribution in [0.3, 0.4) is 0 Å². The second-order valence-electron chi connectivity index (χ2n) is 2.99. The smallest absolute Gasteiger partial charge is 0.152 e. The number of aliphatic hydroxyl groups is 1. The molecule has 1 rings (SSSR count). The number of morpholine rings is 1. The van der Waals surface area contributed by atoms with E-state index in [-0.39, 0.29) is 12.4 Å². The van der Waals surface area contributed by atoms with Gasteiger partial charge in [-0.1, -0.05) is 6.58 Å². The summed E-state index contributed by atoms with van der Waals surface area (Å²) >= 11 is 0. The normalized spacial score (nSPS) is 16.7. The van der Waals surface area contributed by atoms with E-state index < -0.39 is 0 Å². The van der Waals surface area contributed by atoms with Gasteiger partial charge in [-0.25, -0.2) is 0 Å². The molecule has 0 amide bonds. The van der Waals surface area contributed by atoms with Gasteiger partial charge in [0.25, 0.3) is 0 Å². The number of rotatable bonds is 3. The fraction of sp³-hybridized carbons (Fsp3) is 0.700. The number of aliphatic hydroxyl groups excluding tert-OH is 1. The van der Waals surface area contributed by atoms with E-state index in [0.29, 0.717) is 0 Å². The Hall–Kier alpha value is -0.710. The molecule has 1 aliphatic heterocycles. The molecular formula is C10H19NO3. The molecule has 0 spiro atoms. The Balaban J connectivity index is 0.000000292. The van der Waals surface area contributed by atoms with Gasteiger partial charge in [0.15, 0.2) is 5.78 Å². The van der Waals surface area contributed by atoms with Gasteiger partial charge in [-0.15, -0.1) is 0 Å². The van der Waals surface area contributed by atoms with Crippen molar-refractivity contribution in [2.24, 2.45) is 0 Å². The first-order valence-electron chi connectivity index (χ1n) is 4.74. The number of carbonyl (C=O) groups is 1. The van der Waals surface area contributed by atoms with Crippen molar-refractivity contribution in [2.45, 2.75) is 6.92 Å². The molecule has 0 atom stereocenters. The molecule has 14 heavy (non-hydrogen) atoms. The maximum absolute atomic E-state index is 9.69. The number of nitrogens with zero attached hydrogens (tertiary/aromatic N) is 1. The summed E-state index contributed by atoms with van der Waals surface area (Å²) in [7, 11) is 0. The van der Waals surface area contributed by atoms with Crippen LogP contribution >= 0.6 is 0 Å². The Labute approximate surface area is 85.2 Å². The molecule has 0 saturated carbocycles. The van der Waals surface area contributed by atoms with Crippen LogP contribution in [0, 0.1) is 0 Å². The summed E-state index contributed by atoms with van der Waals surface area (Å²) in [6.07, 6.45) is 1.28. The molecule has 0 unspecified atom stereocenters. The molecule has 82 valence electrons. The lowest BCUT2D eigenvalue weighted by molar-refractivity contribution is -0.112. The van der Waals surface area contributed by atoms with Gasteiger partial charge in [0.2, 0.25) is 0 Å². The van der Waals surface area contributed by atoms with Crippen LogP contribution in [0.5, 0.6) is 0 Å². The fourth-order valence-corrected chi connectivity index (χ4v) is 0.966. The van der Waals surface area contributed by atoms with Crippen LogP contribution in [-0.4, -0.2) is 55.2 Å². The largest absolute Gasteiger partial charge is 0.395 e. The molecule has 0 aromatic heterocycles. The number of ketones is 1. The van der Waals surface area contributed by atoms with Gasteiger partial charge in [-0.3, -0.25) is 9.69 Å². The van der Waals surface area contributed by atoms with E-state index in [1.54, 1.807) is 0 Å². The highest BCUT2D eigenvalue weighted by molar-refractivity contribution is 5.86. The zero-order valence-electron chi connectivity index (χ0n) is 8.74. The van der Waals surface area contributed by atoms with Gasteiger partial charge in [0, 0.05) is 19.6 Å². The Bertz CT molecular complexity index is 162. The van der Waals surface area contributed by atoms with Gasteiger partial charge in [0.05, 0.1) is 19.8 Å². The van der Waals surface area contributed by atoms with Gasteiger partial charge >= 0.3 is 0 Å². The topological polar surface area (TPSA) is 49.8 Å². The van der Waals surface area contributed by atoms with Gasteiger partial charge < -0.3 is 9.84 Å². The predicted molar refractivity (Wildman–Crippen MR) is 55.2 cm³/mol. The summed E-state index contributed by atoms with van der Waals surface area (Å²) in [6, 6.07) is 0. The van der Waals surface area contributed by atoms with Crippen LogP contribution < -0.4 is 0 Å². The van der Waals surface area contributed by atoms with E-state index in [4.69, 9.17) is 9.84 Å². The predicted octanol–water partition coefficient (Wildman–Crippen LogP) is 0.0723. The first-order chi connectivity index (χ1) is 6.70. The van der Waals surface area contributed by atoms with E-state index in [9.17, 15) is 4.79 Å². The van der Waals surface area contributed by atoms with Gasteiger partial charge in [-0.2, -0.15) is 0 Å². The highest BCUT2D eigenvalue weighted by Gasteiger charge is 2.07. The third kappa shape index (κ3) is 7.91. The van der Waals surface area contributed by atoms with Crippen LogP contribution in [0.4, 0.5) is 0 Å². The third-order valence-corrected chi connectivity index (χ3v) is 1.81. The molecule has 0 aromatic rings. The summed E-state index contributed by atoms with van der Waals surface area (Å²) in [5.41, 5.74) is 0. The van der Waals surface area contributed by atoms with Crippen molar-refractivity contribution in [1.82, 2.24) is 4.90 Å². The first-order valence-corrected chi connectivity index (χ1v) is 4.74. The Morgan fingerprint density at radius 3 is 2.43 bits per heavy atom. The van der Waals surface area contributed by atoms with Crippen LogP contribution in [0.25, 0.3) is 0 Å². The van der Waals surface area contributed by atoms with Crippen LogP contribution in [0.1, 0.15) is 6.92 Å². The summed E-state index contributed by atoms with van der Waals surface area (Å²) in [5, 5.41) is 8.54. The first kappa shape index (κ1) is 13.3. The highest BCUT2D eigenvalue weighted by atomic mass is 16.5. The van der Waals surface area contributed by atoms with Crippen molar-refractivity contribution >= 4 is 5.78 Å². The van der Waals surface area contributed by atoms with Crippen molar-refractivity contribution < 1.29 is 14.6 Å². The van der Waals surface area contributed by atoms with E-state index in [1.807, 2.05) is 0 Å². The van der Waals surface area contributed by atoms with E-state index in [1.165, 1.54) is 13.0 Å². The fourth-order valence-electron chi connectivity index (χ4n) is 0.966. The molecule has 0 aromatic carbocycles. The standard InChI is InChI=1S/C6H13NO2.C4H6O/c8-4-1-7-2-5-9-6-3-7;1-3-4(2)5/h8H,1-6H2;3H,1H2,2H3. The minimum atomic E-state index is 0.0185. The van der Waals surface area contributed by atoms with Crippen LogP contribution in [0.15, 0.2) is 12.7 Å². The average Bonchev–Trinajstić information content (AvgIpc) is 2.21. The molecule has 1 heterocycles. The third-order valence-electron chi connectivity index (χ3n) is 1.81. The maximum atomic E-state index is 9.69. The van der Waals surface area contributed by atoms with E-state index in [2.05, 4.69) is 11.5 Å². The zero-order valence-corrected chi connectivity index (χ0v) is 8.74. The monoisotopic (exact) mass is 201 g/mol. The maximum Gasteiger partial charge on any atom is 0.152 e. The summed E-state index contributed by atoms with van der Waals surface area (Å²) in [6.45, 7) is 9.32. The summed E-state index contributed by atoms with van der Waals surface area (Å²) < 4.78 is 5.12. The SMILES string of the molecule is C=CC(C)=O.OCCN1CCOCC1. The molecular weight excluding hydrogens is 182 g/mol. The molecule has 1 saturated heterocycles. The summed E-state index contributed by atoms with van der Waals surface area (Å²) in [5.74, 6) is 0.0185. The molecule has 4 nitrogen and oxygen atoms in total. The van der Waals surface area contributed by atoms with Crippen molar-refractivity contribution in [3.63, 3.8) is 0 Å². The Morgan fingerprint density at radius 2 is 2.07 bits per heavy atom. The number of β-amino-alcohol motifs (C(OH)–C–C–N with tert-alkyl or cyclic N) is 1. The second kappa shape index (κ2) is 8.87. The van der Waals surface area contributed by atoms with Crippen molar-refractivity contribution in [3.05, 3.63) is 12.7 Å². The summed E-state index contributed by atoms with van der Waals surface area (Å²) in [4.78, 5) is 11.9.